The number of amides is 2. The average molecular weight is 483 g/mol. The smallest absolute Gasteiger partial charge is 0.287 e. The van der Waals surface area contributed by atoms with Crippen molar-refractivity contribution in [3.05, 3.63) is 104 Å². The SMILES string of the molecule is O=C(N/N=C\c1ccc(Br)o1)/C(=C\c1ccc([N+](=O)[O-])cc1)NC(=O)c1ccccc1. The highest BCUT2D eigenvalue weighted by atomic mass is 79.9. The van der Waals surface area contributed by atoms with Crippen LogP contribution in [-0.4, -0.2) is 23.0 Å². The molecule has 2 N–H and O–H groups in total. The molecule has 31 heavy (non-hydrogen) atoms. The Labute approximate surface area is 184 Å². The number of hydrogen-bond donors (Lipinski definition) is 2. The summed E-state index contributed by atoms with van der Waals surface area (Å²) >= 11 is 3.16. The number of nitro benzene ring substituents is 1. The Hall–Kier alpha value is -4.05. The van der Waals surface area contributed by atoms with Crippen LogP contribution in [0.15, 0.2) is 86.6 Å². The summed E-state index contributed by atoms with van der Waals surface area (Å²) in [6.07, 6.45) is 2.68. The van der Waals surface area contributed by atoms with E-state index in [2.05, 4.69) is 31.8 Å². The van der Waals surface area contributed by atoms with Crippen LogP contribution in [0.3, 0.4) is 0 Å². The van der Waals surface area contributed by atoms with Crippen LogP contribution in [0.5, 0.6) is 0 Å². The number of non-ortho nitro benzene ring substituents is 1. The first kappa shape index (κ1) is 21.7. The number of carbonyl (C=O) groups is 2. The minimum Gasteiger partial charge on any atom is -0.448 e. The second-order valence-electron chi connectivity index (χ2n) is 6.07. The molecule has 0 aliphatic heterocycles. The number of carbonyl (C=O) groups excluding carboxylic acids is 2. The first-order valence-electron chi connectivity index (χ1n) is 8.83. The van der Waals surface area contributed by atoms with E-state index < -0.39 is 16.7 Å². The number of nitrogens with one attached hydrogen (secondary N) is 2. The van der Waals surface area contributed by atoms with E-state index in [1.54, 1.807) is 42.5 Å². The Morgan fingerprint density at radius 2 is 1.74 bits per heavy atom. The summed E-state index contributed by atoms with van der Waals surface area (Å²) in [6, 6.07) is 17.2. The molecule has 2 amide bonds. The Bertz CT molecular complexity index is 1150. The van der Waals surface area contributed by atoms with Gasteiger partial charge in [-0.2, -0.15) is 5.10 Å². The Morgan fingerprint density at radius 1 is 1.03 bits per heavy atom. The molecule has 0 saturated carbocycles. The summed E-state index contributed by atoms with van der Waals surface area (Å²) in [4.78, 5) is 35.4. The zero-order valence-corrected chi connectivity index (χ0v) is 17.4. The molecule has 0 spiro atoms. The van der Waals surface area contributed by atoms with Gasteiger partial charge in [-0.3, -0.25) is 19.7 Å². The fourth-order valence-corrected chi connectivity index (χ4v) is 2.73. The second-order valence-corrected chi connectivity index (χ2v) is 6.85. The molecule has 0 saturated heterocycles. The lowest BCUT2D eigenvalue weighted by atomic mass is 10.1. The minimum atomic E-state index is -0.690. The number of nitro groups is 1. The van der Waals surface area contributed by atoms with Crippen molar-refractivity contribution in [1.82, 2.24) is 10.7 Å². The van der Waals surface area contributed by atoms with Gasteiger partial charge in [-0.25, -0.2) is 5.43 Å². The Kier molecular flexibility index (Phi) is 7.07. The molecule has 0 radical (unpaired) electrons. The van der Waals surface area contributed by atoms with Crippen LogP contribution >= 0.6 is 15.9 Å². The third-order valence-corrected chi connectivity index (χ3v) is 4.32. The second kappa shape index (κ2) is 10.1. The van der Waals surface area contributed by atoms with Crippen LogP contribution in [0.2, 0.25) is 0 Å². The largest absolute Gasteiger partial charge is 0.448 e. The van der Waals surface area contributed by atoms with Crippen LogP contribution in [0, 0.1) is 10.1 Å². The van der Waals surface area contributed by atoms with Crippen LogP contribution in [0.1, 0.15) is 21.7 Å². The van der Waals surface area contributed by atoms with Gasteiger partial charge in [-0.15, -0.1) is 0 Å². The molecule has 2 aromatic carbocycles. The molecule has 3 rings (SSSR count). The summed E-state index contributed by atoms with van der Waals surface area (Å²) in [7, 11) is 0. The van der Waals surface area contributed by atoms with Crippen molar-refractivity contribution in [2.24, 2.45) is 5.10 Å². The molecule has 156 valence electrons. The van der Waals surface area contributed by atoms with Gasteiger partial charge in [-0.1, -0.05) is 18.2 Å². The number of benzene rings is 2. The van der Waals surface area contributed by atoms with Crippen LogP contribution in [-0.2, 0) is 4.79 Å². The van der Waals surface area contributed by atoms with E-state index in [0.717, 1.165) is 0 Å². The quantitative estimate of drug-likeness (QED) is 0.228. The van der Waals surface area contributed by atoms with Crippen molar-refractivity contribution in [2.75, 3.05) is 0 Å². The third-order valence-electron chi connectivity index (χ3n) is 3.90. The molecule has 0 aliphatic rings. The predicted octanol–water partition coefficient (Wildman–Crippen LogP) is 3.87. The molecule has 0 aliphatic carbocycles. The van der Waals surface area contributed by atoms with Crippen LogP contribution in [0.4, 0.5) is 5.69 Å². The number of rotatable bonds is 7. The van der Waals surface area contributed by atoms with Gasteiger partial charge in [0.05, 0.1) is 11.1 Å². The van der Waals surface area contributed by atoms with Gasteiger partial charge in [0, 0.05) is 17.7 Å². The molecule has 0 atom stereocenters. The first-order valence-corrected chi connectivity index (χ1v) is 9.63. The molecule has 9 nitrogen and oxygen atoms in total. The molecular weight excluding hydrogens is 468 g/mol. The van der Waals surface area contributed by atoms with Gasteiger partial charge in [-0.05, 0) is 64.0 Å². The third kappa shape index (κ3) is 6.21. The summed E-state index contributed by atoms with van der Waals surface area (Å²) in [6.45, 7) is 0. The summed E-state index contributed by atoms with van der Waals surface area (Å²) in [5.41, 5.74) is 2.95. The van der Waals surface area contributed by atoms with E-state index in [1.807, 2.05) is 0 Å². The van der Waals surface area contributed by atoms with Crippen molar-refractivity contribution in [3.8, 4) is 0 Å². The minimum absolute atomic E-state index is 0.0920. The fourth-order valence-electron chi connectivity index (χ4n) is 2.41. The molecule has 0 bridgehead atoms. The van der Waals surface area contributed by atoms with Crippen molar-refractivity contribution >= 4 is 45.7 Å². The highest BCUT2D eigenvalue weighted by Crippen LogP contribution is 2.15. The zero-order valence-electron chi connectivity index (χ0n) is 15.8. The van der Waals surface area contributed by atoms with E-state index in [-0.39, 0.29) is 11.4 Å². The van der Waals surface area contributed by atoms with Crippen molar-refractivity contribution in [3.63, 3.8) is 0 Å². The van der Waals surface area contributed by atoms with E-state index in [4.69, 9.17) is 4.42 Å². The molecule has 10 heteroatoms. The summed E-state index contributed by atoms with van der Waals surface area (Å²) < 4.78 is 5.76. The molecule has 0 unspecified atom stereocenters. The molecule has 0 fully saturated rings. The zero-order chi connectivity index (χ0) is 22.2. The van der Waals surface area contributed by atoms with Gasteiger partial charge < -0.3 is 9.73 Å². The maximum Gasteiger partial charge on any atom is 0.287 e. The first-order chi connectivity index (χ1) is 14.9. The fraction of sp³-hybridized carbons (Fsp3) is 0. The molecular formula is C21H15BrN4O5. The van der Waals surface area contributed by atoms with Gasteiger partial charge in [0.1, 0.15) is 11.5 Å². The monoisotopic (exact) mass is 482 g/mol. The number of furan rings is 1. The molecule has 1 heterocycles. The molecule has 1 aromatic heterocycles. The number of nitrogens with zero attached hydrogens (tertiary/aromatic N) is 2. The van der Waals surface area contributed by atoms with Crippen LogP contribution < -0.4 is 10.7 Å². The van der Waals surface area contributed by atoms with Gasteiger partial charge in [0.25, 0.3) is 17.5 Å². The predicted molar refractivity (Wildman–Crippen MR) is 117 cm³/mol. The normalized spacial score (nSPS) is 11.3. The van der Waals surface area contributed by atoms with Crippen molar-refractivity contribution < 1.29 is 18.9 Å². The van der Waals surface area contributed by atoms with Crippen molar-refractivity contribution in [1.29, 1.82) is 0 Å². The lowest BCUT2D eigenvalue weighted by molar-refractivity contribution is -0.384. The topological polar surface area (TPSA) is 127 Å². The number of hydrogen-bond acceptors (Lipinski definition) is 6. The average Bonchev–Trinajstić information content (AvgIpc) is 3.19. The lowest BCUT2D eigenvalue weighted by Gasteiger charge is -2.09. The van der Waals surface area contributed by atoms with E-state index in [0.29, 0.717) is 21.6 Å². The maximum absolute atomic E-state index is 12.6. The van der Waals surface area contributed by atoms with E-state index >= 15 is 0 Å². The summed E-state index contributed by atoms with van der Waals surface area (Å²) in [5.74, 6) is -0.784. The van der Waals surface area contributed by atoms with Crippen molar-refractivity contribution in [2.45, 2.75) is 0 Å². The van der Waals surface area contributed by atoms with E-state index in [1.165, 1.54) is 36.6 Å². The van der Waals surface area contributed by atoms with Gasteiger partial charge in [0.15, 0.2) is 4.67 Å². The summed E-state index contributed by atoms with van der Waals surface area (Å²) in [5, 5.41) is 17.2. The maximum atomic E-state index is 12.6. The Balaban J connectivity index is 1.81. The van der Waals surface area contributed by atoms with Gasteiger partial charge >= 0.3 is 0 Å². The lowest BCUT2D eigenvalue weighted by Crippen LogP contribution is -2.32. The van der Waals surface area contributed by atoms with Gasteiger partial charge in [0.2, 0.25) is 0 Å². The highest BCUT2D eigenvalue weighted by Gasteiger charge is 2.15. The highest BCUT2D eigenvalue weighted by molar-refractivity contribution is 9.10. The molecule has 3 aromatic rings. The van der Waals surface area contributed by atoms with E-state index in [9.17, 15) is 19.7 Å². The number of hydrazone groups is 1. The van der Waals surface area contributed by atoms with Crippen LogP contribution in [0.25, 0.3) is 6.08 Å². The standard InChI is InChI=1S/C21H15BrN4O5/c22-19-11-10-17(31-19)13-23-25-21(28)18(24-20(27)15-4-2-1-3-5-15)12-14-6-8-16(9-7-14)26(29)30/h1-13H,(H,24,27)(H,25,28)/b18-12+,23-13-. The number of halogens is 1. The Morgan fingerprint density at radius 3 is 2.35 bits per heavy atom.